The standard InChI is InChI=1S/C22H25N5O2S/c28-21(16-30-22-24-25-26-27(22)18-10-4-5-11-18)23-19-12-6-7-13-20(19)29-15-14-17-8-2-1-3-9-17/h1-3,6-9,12-13,18H,4-5,10-11,14-16H2,(H,23,28). The highest BCUT2D eigenvalue weighted by molar-refractivity contribution is 7.99. The molecule has 0 aliphatic heterocycles. The van der Waals surface area contributed by atoms with E-state index < -0.39 is 0 Å². The summed E-state index contributed by atoms with van der Waals surface area (Å²) in [4.78, 5) is 12.5. The number of hydrogen-bond donors (Lipinski definition) is 1. The minimum Gasteiger partial charge on any atom is -0.491 e. The van der Waals surface area contributed by atoms with Crippen LogP contribution in [0.2, 0.25) is 0 Å². The molecule has 0 saturated heterocycles. The van der Waals surface area contributed by atoms with Crippen molar-refractivity contribution in [1.82, 2.24) is 20.2 Å². The number of nitrogens with zero attached hydrogens (tertiary/aromatic N) is 4. The molecule has 2 aromatic carbocycles. The Morgan fingerprint density at radius 2 is 1.87 bits per heavy atom. The van der Waals surface area contributed by atoms with Gasteiger partial charge in [0.05, 0.1) is 24.1 Å². The average Bonchev–Trinajstić information content (AvgIpc) is 3.46. The van der Waals surface area contributed by atoms with E-state index in [9.17, 15) is 4.79 Å². The van der Waals surface area contributed by atoms with Gasteiger partial charge in [-0.25, -0.2) is 4.68 Å². The van der Waals surface area contributed by atoms with Crippen LogP contribution in [0.15, 0.2) is 59.8 Å². The maximum Gasteiger partial charge on any atom is 0.234 e. The van der Waals surface area contributed by atoms with Crippen LogP contribution in [0.3, 0.4) is 0 Å². The van der Waals surface area contributed by atoms with Crippen molar-refractivity contribution in [2.75, 3.05) is 17.7 Å². The lowest BCUT2D eigenvalue weighted by molar-refractivity contribution is -0.113. The van der Waals surface area contributed by atoms with Gasteiger partial charge < -0.3 is 10.1 Å². The Hall–Kier alpha value is -2.87. The van der Waals surface area contributed by atoms with Crippen LogP contribution in [0.1, 0.15) is 37.3 Å². The first kappa shape index (κ1) is 20.4. The predicted molar refractivity (Wildman–Crippen MR) is 117 cm³/mol. The van der Waals surface area contributed by atoms with Gasteiger partial charge in [-0.3, -0.25) is 4.79 Å². The molecule has 1 aliphatic carbocycles. The van der Waals surface area contributed by atoms with Crippen LogP contribution in [-0.2, 0) is 11.2 Å². The van der Waals surface area contributed by atoms with Crippen molar-refractivity contribution in [2.45, 2.75) is 43.3 Å². The van der Waals surface area contributed by atoms with Crippen LogP contribution < -0.4 is 10.1 Å². The fourth-order valence-corrected chi connectivity index (χ4v) is 4.34. The van der Waals surface area contributed by atoms with E-state index in [1.165, 1.54) is 30.2 Å². The maximum atomic E-state index is 12.5. The highest BCUT2D eigenvalue weighted by Gasteiger charge is 2.22. The number of carbonyl (C=O) groups is 1. The molecule has 0 spiro atoms. The molecular formula is C22H25N5O2S. The van der Waals surface area contributed by atoms with Gasteiger partial charge in [-0.05, 0) is 41.0 Å². The molecule has 0 unspecified atom stereocenters. The molecule has 8 heteroatoms. The van der Waals surface area contributed by atoms with Crippen molar-refractivity contribution < 1.29 is 9.53 Å². The summed E-state index contributed by atoms with van der Waals surface area (Å²) in [6.07, 6.45) is 5.41. The minimum atomic E-state index is -0.111. The van der Waals surface area contributed by atoms with Gasteiger partial charge in [0.25, 0.3) is 0 Å². The molecule has 1 heterocycles. The first-order valence-corrected chi connectivity index (χ1v) is 11.2. The summed E-state index contributed by atoms with van der Waals surface area (Å²) in [6, 6.07) is 18.0. The Morgan fingerprint density at radius 1 is 1.10 bits per heavy atom. The van der Waals surface area contributed by atoms with Crippen LogP contribution in [-0.4, -0.2) is 38.5 Å². The smallest absolute Gasteiger partial charge is 0.234 e. The van der Waals surface area contributed by atoms with Crippen LogP contribution in [0.5, 0.6) is 5.75 Å². The van der Waals surface area contributed by atoms with Gasteiger partial charge in [-0.1, -0.05) is 67.1 Å². The van der Waals surface area contributed by atoms with Crippen molar-refractivity contribution in [3.63, 3.8) is 0 Å². The monoisotopic (exact) mass is 423 g/mol. The lowest BCUT2D eigenvalue weighted by Gasteiger charge is -2.13. The number of amides is 1. The third-order valence-electron chi connectivity index (χ3n) is 5.12. The van der Waals surface area contributed by atoms with Gasteiger partial charge in [0, 0.05) is 6.42 Å². The number of rotatable bonds is 9. The van der Waals surface area contributed by atoms with Crippen molar-refractivity contribution in [2.24, 2.45) is 0 Å². The second-order valence-electron chi connectivity index (χ2n) is 7.26. The largest absolute Gasteiger partial charge is 0.491 e. The molecule has 1 aromatic heterocycles. The third-order valence-corrected chi connectivity index (χ3v) is 6.05. The summed E-state index contributed by atoms with van der Waals surface area (Å²) in [6.45, 7) is 0.543. The maximum absolute atomic E-state index is 12.5. The zero-order chi connectivity index (χ0) is 20.6. The molecule has 0 bridgehead atoms. The SMILES string of the molecule is O=C(CSc1nnnn1C1CCCC1)Nc1ccccc1OCCc1ccccc1. The molecule has 3 aromatic rings. The zero-order valence-corrected chi connectivity index (χ0v) is 17.6. The second-order valence-corrected chi connectivity index (χ2v) is 8.20. The molecule has 4 rings (SSSR count). The number of carbonyl (C=O) groups excluding carboxylic acids is 1. The van der Waals surface area contributed by atoms with E-state index in [4.69, 9.17) is 4.74 Å². The number of para-hydroxylation sites is 2. The van der Waals surface area contributed by atoms with Crippen molar-refractivity contribution >= 4 is 23.4 Å². The second kappa shape index (κ2) is 10.2. The number of hydrogen-bond acceptors (Lipinski definition) is 6. The normalized spacial score (nSPS) is 14.0. The van der Waals surface area contributed by atoms with E-state index in [0.717, 1.165) is 19.3 Å². The summed E-state index contributed by atoms with van der Waals surface area (Å²) < 4.78 is 7.79. The molecule has 1 amide bonds. The number of nitrogens with one attached hydrogen (secondary N) is 1. The molecule has 7 nitrogen and oxygen atoms in total. The molecule has 30 heavy (non-hydrogen) atoms. The number of thioether (sulfide) groups is 1. The van der Waals surface area contributed by atoms with Gasteiger partial charge in [-0.15, -0.1) is 5.10 Å². The van der Waals surface area contributed by atoms with Crippen LogP contribution >= 0.6 is 11.8 Å². The van der Waals surface area contributed by atoms with Gasteiger partial charge in [0.1, 0.15) is 5.75 Å². The highest BCUT2D eigenvalue weighted by Crippen LogP contribution is 2.31. The van der Waals surface area contributed by atoms with E-state index in [-0.39, 0.29) is 11.7 Å². The first-order chi connectivity index (χ1) is 14.8. The summed E-state index contributed by atoms with van der Waals surface area (Å²) in [5.41, 5.74) is 1.89. The summed E-state index contributed by atoms with van der Waals surface area (Å²) >= 11 is 1.36. The van der Waals surface area contributed by atoms with Crippen molar-refractivity contribution in [3.8, 4) is 5.75 Å². The highest BCUT2D eigenvalue weighted by atomic mass is 32.2. The number of aromatic nitrogens is 4. The fraction of sp³-hybridized carbons (Fsp3) is 0.364. The van der Waals surface area contributed by atoms with E-state index in [1.54, 1.807) is 0 Å². The van der Waals surface area contributed by atoms with E-state index in [1.807, 2.05) is 47.1 Å². The predicted octanol–water partition coefficient (Wildman–Crippen LogP) is 4.14. The van der Waals surface area contributed by atoms with Gasteiger partial charge in [0.2, 0.25) is 11.1 Å². The van der Waals surface area contributed by atoms with Crippen molar-refractivity contribution in [3.05, 3.63) is 60.2 Å². The number of benzene rings is 2. The average molecular weight is 424 g/mol. The molecule has 0 atom stereocenters. The molecular weight excluding hydrogens is 398 g/mol. The summed E-state index contributed by atoms with van der Waals surface area (Å²) in [7, 11) is 0. The van der Waals surface area contributed by atoms with Gasteiger partial charge in [-0.2, -0.15) is 0 Å². The van der Waals surface area contributed by atoms with E-state index in [0.29, 0.717) is 29.2 Å². The Morgan fingerprint density at radius 3 is 2.70 bits per heavy atom. The Labute approximate surface area is 180 Å². The number of ether oxygens (including phenoxy) is 1. The topological polar surface area (TPSA) is 81.9 Å². The Balaban J connectivity index is 1.30. The van der Waals surface area contributed by atoms with Crippen LogP contribution in [0.4, 0.5) is 5.69 Å². The summed E-state index contributed by atoms with van der Waals surface area (Å²) in [5, 5.41) is 15.6. The van der Waals surface area contributed by atoms with Crippen LogP contribution in [0, 0.1) is 0 Å². The zero-order valence-electron chi connectivity index (χ0n) is 16.7. The molecule has 0 radical (unpaired) electrons. The quantitative estimate of drug-likeness (QED) is 0.521. The van der Waals surface area contributed by atoms with E-state index >= 15 is 0 Å². The molecule has 1 fully saturated rings. The Bertz CT molecular complexity index is 957. The Kier molecular flexibility index (Phi) is 6.97. The minimum absolute atomic E-state index is 0.111. The summed E-state index contributed by atoms with van der Waals surface area (Å²) in [5.74, 6) is 0.800. The van der Waals surface area contributed by atoms with Gasteiger partial charge >= 0.3 is 0 Å². The molecule has 1 saturated carbocycles. The van der Waals surface area contributed by atoms with Gasteiger partial charge in [0.15, 0.2) is 0 Å². The van der Waals surface area contributed by atoms with E-state index in [2.05, 4.69) is 33.0 Å². The van der Waals surface area contributed by atoms with Crippen LogP contribution in [0.25, 0.3) is 0 Å². The fourth-order valence-electron chi connectivity index (χ4n) is 3.59. The first-order valence-electron chi connectivity index (χ1n) is 10.3. The number of anilines is 1. The molecule has 156 valence electrons. The molecule has 1 aliphatic rings. The van der Waals surface area contributed by atoms with Crippen molar-refractivity contribution in [1.29, 1.82) is 0 Å². The third kappa shape index (κ3) is 5.38. The lowest BCUT2D eigenvalue weighted by Crippen LogP contribution is -2.16. The lowest BCUT2D eigenvalue weighted by atomic mass is 10.2. The molecule has 1 N–H and O–H groups in total. The number of tetrazole rings is 1.